The lowest BCUT2D eigenvalue weighted by Gasteiger charge is -2.38. The van der Waals surface area contributed by atoms with Gasteiger partial charge in [0, 0.05) is 56.6 Å². The molecule has 32 heavy (non-hydrogen) atoms. The third-order valence-electron chi connectivity index (χ3n) is 6.43. The number of nitrogens with one attached hydrogen (secondary N) is 1. The van der Waals surface area contributed by atoms with Gasteiger partial charge in [-0.1, -0.05) is 6.92 Å². The van der Waals surface area contributed by atoms with E-state index < -0.39 is 23.7 Å². The Morgan fingerprint density at radius 1 is 1.34 bits per heavy atom. The Labute approximate surface area is 185 Å². The van der Waals surface area contributed by atoms with Gasteiger partial charge in [-0.2, -0.15) is 13.2 Å². The van der Waals surface area contributed by atoms with Gasteiger partial charge >= 0.3 is 12.1 Å². The molecule has 1 aliphatic carbocycles. The molecule has 0 aromatic heterocycles. The number of piperidine rings is 1. The normalized spacial score (nSPS) is 25.2. The summed E-state index contributed by atoms with van der Waals surface area (Å²) in [7, 11) is 1.34. The molecule has 7 nitrogen and oxygen atoms in total. The van der Waals surface area contributed by atoms with Crippen molar-refractivity contribution in [2.24, 2.45) is 10.9 Å². The summed E-state index contributed by atoms with van der Waals surface area (Å²) in [6, 6.07) is 0. The first-order chi connectivity index (χ1) is 15.1. The Kier molecular flexibility index (Phi) is 7.32. The molecule has 0 radical (unpaired) electrons. The zero-order chi connectivity index (χ0) is 23.5. The lowest BCUT2D eigenvalue weighted by Crippen LogP contribution is -2.48. The van der Waals surface area contributed by atoms with Crippen LogP contribution in [-0.2, 0) is 19.1 Å². The zero-order valence-corrected chi connectivity index (χ0v) is 18.7. The highest BCUT2D eigenvalue weighted by atomic mass is 19.4. The Morgan fingerprint density at radius 2 is 2.03 bits per heavy atom. The molecule has 0 saturated carbocycles. The van der Waals surface area contributed by atoms with E-state index in [9.17, 15) is 22.8 Å². The number of allylic oxidation sites excluding steroid dienone is 2. The molecule has 1 saturated heterocycles. The largest absolute Gasteiger partial charge is 0.501 e. The number of hydrogen-bond acceptors (Lipinski definition) is 6. The SMILES string of the molecule is CCN1CCC2(CC1)OC(=O)C(C)=C2C(=O)NCCN=C1C=C(OC)CC(C(F)(F)F)C1. The number of aliphatic imine (C=N–C) groups is 1. The number of amides is 1. The molecular formula is C22H30F3N3O4. The first kappa shape index (κ1) is 24.3. The van der Waals surface area contributed by atoms with Gasteiger partial charge in [-0.25, -0.2) is 4.79 Å². The summed E-state index contributed by atoms with van der Waals surface area (Å²) in [5.41, 5.74) is 0.0687. The fraction of sp³-hybridized carbons (Fsp3) is 0.682. The van der Waals surface area contributed by atoms with Gasteiger partial charge in [-0.05, 0) is 19.5 Å². The molecular weight excluding hydrogens is 427 g/mol. The van der Waals surface area contributed by atoms with Crippen molar-refractivity contribution in [2.45, 2.75) is 51.3 Å². The topological polar surface area (TPSA) is 80.2 Å². The summed E-state index contributed by atoms with van der Waals surface area (Å²) in [5.74, 6) is -2.15. The monoisotopic (exact) mass is 457 g/mol. The van der Waals surface area contributed by atoms with E-state index in [-0.39, 0.29) is 37.6 Å². The number of carbonyl (C=O) groups is 2. The summed E-state index contributed by atoms with van der Waals surface area (Å²) in [6.45, 7) is 6.26. The number of alkyl halides is 3. The van der Waals surface area contributed by atoms with Crippen molar-refractivity contribution in [3.05, 3.63) is 23.0 Å². The minimum absolute atomic E-state index is 0.122. The van der Waals surface area contributed by atoms with E-state index in [1.54, 1.807) is 6.92 Å². The zero-order valence-electron chi connectivity index (χ0n) is 18.7. The molecule has 3 aliphatic rings. The van der Waals surface area contributed by atoms with Gasteiger partial charge < -0.3 is 19.7 Å². The standard InChI is InChI=1S/C22H30F3N3O4/c1-4-28-9-5-21(6-10-28)18(14(2)20(30)32-21)19(29)27-8-7-26-16-11-15(22(23,24)25)12-17(13-16)31-3/h13,15H,4-12H2,1-3H3,(H,27,29). The average Bonchev–Trinajstić information content (AvgIpc) is 3.00. The predicted molar refractivity (Wildman–Crippen MR) is 112 cm³/mol. The fourth-order valence-electron chi connectivity index (χ4n) is 4.52. The minimum Gasteiger partial charge on any atom is -0.501 e. The highest BCUT2D eigenvalue weighted by Crippen LogP contribution is 2.41. The molecule has 1 N–H and O–H groups in total. The number of methoxy groups -OCH3 is 1. The maximum atomic E-state index is 13.1. The van der Waals surface area contributed by atoms with Crippen molar-refractivity contribution < 1.29 is 32.2 Å². The van der Waals surface area contributed by atoms with E-state index in [1.807, 2.05) is 0 Å². The summed E-state index contributed by atoms with van der Waals surface area (Å²) in [4.78, 5) is 31.6. The molecule has 0 aromatic rings. The van der Waals surface area contributed by atoms with Gasteiger partial charge in [0.25, 0.3) is 5.91 Å². The van der Waals surface area contributed by atoms with Crippen LogP contribution in [0, 0.1) is 5.92 Å². The molecule has 178 valence electrons. The number of hydrogen-bond donors (Lipinski definition) is 1. The lowest BCUT2D eigenvalue weighted by atomic mass is 9.82. The molecule has 2 heterocycles. The second-order valence-electron chi connectivity index (χ2n) is 8.41. The van der Waals surface area contributed by atoms with Gasteiger partial charge in [-0.15, -0.1) is 0 Å². The van der Waals surface area contributed by atoms with E-state index in [1.165, 1.54) is 13.2 Å². The highest BCUT2D eigenvalue weighted by molar-refractivity contribution is 6.07. The van der Waals surface area contributed by atoms with Crippen LogP contribution in [0.1, 0.15) is 39.5 Å². The molecule has 2 aliphatic heterocycles. The number of rotatable bonds is 6. The number of likely N-dealkylation sites (tertiary alicyclic amines) is 1. The summed E-state index contributed by atoms with van der Waals surface area (Å²) < 4.78 is 50.1. The lowest BCUT2D eigenvalue weighted by molar-refractivity contribution is -0.174. The van der Waals surface area contributed by atoms with Crippen molar-refractivity contribution in [1.29, 1.82) is 0 Å². The maximum Gasteiger partial charge on any atom is 0.392 e. The van der Waals surface area contributed by atoms with Crippen LogP contribution in [0.3, 0.4) is 0 Å². The number of nitrogens with zero attached hydrogens (tertiary/aromatic N) is 2. The molecule has 0 bridgehead atoms. The van der Waals surface area contributed by atoms with E-state index >= 15 is 0 Å². The van der Waals surface area contributed by atoms with Gasteiger partial charge in [0.05, 0.1) is 30.9 Å². The first-order valence-corrected chi connectivity index (χ1v) is 10.9. The minimum atomic E-state index is -4.33. The molecule has 1 spiro atoms. The van der Waals surface area contributed by atoms with Gasteiger partial charge in [0.2, 0.25) is 0 Å². The number of esters is 1. The average molecular weight is 457 g/mol. The van der Waals surface area contributed by atoms with Crippen LogP contribution in [0.15, 0.2) is 28.0 Å². The van der Waals surface area contributed by atoms with Gasteiger partial charge in [0.1, 0.15) is 5.60 Å². The molecule has 1 amide bonds. The molecule has 1 fully saturated rings. The van der Waals surface area contributed by atoms with Crippen molar-refractivity contribution in [2.75, 3.05) is 39.8 Å². The van der Waals surface area contributed by atoms with Gasteiger partial charge in [0.15, 0.2) is 0 Å². The molecule has 1 atom stereocenters. The fourth-order valence-corrected chi connectivity index (χ4v) is 4.52. The van der Waals surface area contributed by atoms with Crippen molar-refractivity contribution in [3.63, 3.8) is 0 Å². The third kappa shape index (κ3) is 5.16. The Hall–Kier alpha value is -2.36. The van der Waals surface area contributed by atoms with Crippen LogP contribution < -0.4 is 5.32 Å². The molecule has 0 aromatic carbocycles. The van der Waals surface area contributed by atoms with Crippen LogP contribution in [0.25, 0.3) is 0 Å². The second-order valence-corrected chi connectivity index (χ2v) is 8.41. The number of carbonyl (C=O) groups excluding carboxylic acids is 2. The number of halogens is 3. The van der Waals surface area contributed by atoms with Gasteiger partial charge in [-0.3, -0.25) is 9.79 Å². The summed E-state index contributed by atoms with van der Waals surface area (Å²) >= 11 is 0. The number of ether oxygens (including phenoxy) is 2. The smallest absolute Gasteiger partial charge is 0.392 e. The second kappa shape index (κ2) is 9.64. The van der Waals surface area contributed by atoms with E-state index in [2.05, 4.69) is 22.1 Å². The maximum absolute atomic E-state index is 13.1. The quantitative estimate of drug-likeness (QED) is 0.490. The highest BCUT2D eigenvalue weighted by Gasteiger charge is 2.50. The van der Waals surface area contributed by atoms with Crippen LogP contribution >= 0.6 is 0 Å². The van der Waals surface area contributed by atoms with Crippen LogP contribution in [0.2, 0.25) is 0 Å². The van der Waals surface area contributed by atoms with Crippen molar-refractivity contribution in [1.82, 2.24) is 10.2 Å². The first-order valence-electron chi connectivity index (χ1n) is 10.9. The Morgan fingerprint density at radius 3 is 2.62 bits per heavy atom. The molecule has 10 heteroatoms. The van der Waals surface area contributed by atoms with Crippen LogP contribution in [0.5, 0.6) is 0 Å². The predicted octanol–water partition coefficient (Wildman–Crippen LogP) is 2.77. The van der Waals surface area contributed by atoms with Crippen molar-refractivity contribution in [3.8, 4) is 0 Å². The molecule has 3 rings (SSSR count). The van der Waals surface area contributed by atoms with Crippen LogP contribution in [-0.4, -0.2) is 74.1 Å². The Balaban J connectivity index is 1.62. The summed E-state index contributed by atoms with van der Waals surface area (Å²) in [6.07, 6.45) is -2.11. The van der Waals surface area contributed by atoms with E-state index in [4.69, 9.17) is 9.47 Å². The summed E-state index contributed by atoms with van der Waals surface area (Å²) in [5, 5.41) is 2.75. The molecule has 1 unspecified atom stereocenters. The Bertz CT molecular complexity index is 840. The van der Waals surface area contributed by atoms with Crippen molar-refractivity contribution >= 4 is 17.6 Å². The third-order valence-corrected chi connectivity index (χ3v) is 6.43. The van der Waals surface area contributed by atoms with E-state index in [0.717, 1.165) is 19.6 Å². The van der Waals surface area contributed by atoms with E-state index in [0.29, 0.717) is 29.7 Å². The van der Waals surface area contributed by atoms with Crippen LogP contribution in [0.4, 0.5) is 13.2 Å².